The summed E-state index contributed by atoms with van der Waals surface area (Å²) in [5.41, 5.74) is 1.14. The Bertz CT molecular complexity index is 716. The second kappa shape index (κ2) is 12.5. The molecule has 0 radical (unpaired) electrons. The quantitative estimate of drug-likeness (QED) is 0.516. The number of β-amino-alcohol motifs (C(OH)–C–C–N with tert-alkyl or cyclic N) is 1. The Kier molecular flexibility index (Phi) is 10.4. The third-order valence-corrected chi connectivity index (χ3v) is 4.99. The molecule has 0 bridgehead atoms. The van der Waals surface area contributed by atoms with Gasteiger partial charge >= 0.3 is 0 Å². The largest absolute Gasteiger partial charge is 0.491 e. The molecule has 1 aliphatic heterocycles. The monoisotopic (exact) mass is 489 g/mol. The van der Waals surface area contributed by atoms with Crippen molar-refractivity contribution in [3.05, 3.63) is 46.7 Å². The van der Waals surface area contributed by atoms with Crippen molar-refractivity contribution in [3.63, 3.8) is 0 Å². The summed E-state index contributed by atoms with van der Waals surface area (Å²) < 4.78 is 19.9. The molecule has 9 heteroatoms. The maximum Gasteiger partial charge on any atom is 0.119 e. The molecule has 3 rings (SSSR count). The first-order chi connectivity index (χ1) is 13.6. The van der Waals surface area contributed by atoms with Crippen LogP contribution >= 0.6 is 28.3 Å². The second-order valence-electron chi connectivity index (χ2n) is 7.02. The minimum atomic E-state index is -0.529. The van der Waals surface area contributed by atoms with Crippen LogP contribution in [-0.4, -0.2) is 78.1 Å². The molecule has 1 N–H and O–H groups in total. The fraction of sp³-hybridized carbons (Fsp3) is 0.550. The van der Waals surface area contributed by atoms with Crippen molar-refractivity contribution < 1.29 is 19.3 Å². The molecular weight excluding hydrogens is 462 g/mol. The van der Waals surface area contributed by atoms with Crippen LogP contribution in [0.5, 0.6) is 5.75 Å². The van der Waals surface area contributed by atoms with Crippen LogP contribution in [0.1, 0.15) is 5.56 Å². The van der Waals surface area contributed by atoms with Gasteiger partial charge in [-0.1, -0.05) is 15.9 Å². The molecule has 1 aromatic carbocycles. The van der Waals surface area contributed by atoms with Crippen molar-refractivity contribution in [1.29, 1.82) is 0 Å². The normalized spacial score (nSPS) is 18.2. The summed E-state index contributed by atoms with van der Waals surface area (Å²) in [4.78, 5) is 2.22. The van der Waals surface area contributed by atoms with E-state index in [-0.39, 0.29) is 18.5 Å². The second-order valence-corrected chi connectivity index (χ2v) is 7.94. The van der Waals surface area contributed by atoms with Crippen molar-refractivity contribution in [2.45, 2.75) is 25.7 Å². The Morgan fingerprint density at radius 3 is 2.83 bits per heavy atom. The van der Waals surface area contributed by atoms with Crippen LogP contribution in [0.4, 0.5) is 0 Å². The van der Waals surface area contributed by atoms with Gasteiger partial charge in [-0.3, -0.25) is 9.58 Å². The molecule has 1 fully saturated rings. The minimum absolute atomic E-state index is 0. The zero-order chi connectivity index (χ0) is 19.8. The number of aromatic nitrogens is 2. The van der Waals surface area contributed by atoms with Gasteiger partial charge in [-0.05, 0) is 36.8 Å². The third kappa shape index (κ3) is 8.62. The Hall–Kier alpha value is -1.16. The van der Waals surface area contributed by atoms with Crippen molar-refractivity contribution in [2.24, 2.45) is 0 Å². The fourth-order valence-electron chi connectivity index (χ4n) is 3.15. The molecule has 7 nitrogen and oxygen atoms in total. The van der Waals surface area contributed by atoms with Crippen LogP contribution in [0.3, 0.4) is 0 Å². The van der Waals surface area contributed by atoms with Crippen molar-refractivity contribution in [2.75, 3.05) is 46.1 Å². The van der Waals surface area contributed by atoms with Crippen molar-refractivity contribution in [1.82, 2.24) is 14.7 Å². The van der Waals surface area contributed by atoms with Gasteiger partial charge in [0.1, 0.15) is 12.4 Å². The molecule has 0 spiro atoms. The molecule has 0 aliphatic carbocycles. The summed E-state index contributed by atoms with van der Waals surface area (Å²) in [6.07, 6.45) is 3.42. The summed E-state index contributed by atoms with van der Waals surface area (Å²) in [6, 6.07) is 7.67. The highest BCUT2D eigenvalue weighted by Gasteiger charge is 2.23. The first-order valence-corrected chi connectivity index (χ1v) is 10.3. The zero-order valence-electron chi connectivity index (χ0n) is 16.6. The lowest BCUT2D eigenvalue weighted by Crippen LogP contribution is -2.47. The van der Waals surface area contributed by atoms with E-state index in [1.807, 2.05) is 48.3 Å². The summed E-state index contributed by atoms with van der Waals surface area (Å²) in [5, 5.41) is 14.6. The highest BCUT2D eigenvalue weighted by molar-refractivity contribution is 9.10. The lowest BCUT2D eigenvalue weighted by atomic mass is 10.2. The van der Waals surface area contributed by atoms with Gasteiger partial charge < -0.3 is 19.3 Å². The van der Waals surface area contributed by atoms with Gasteiger partial charge in [-0.2, -0.15) is 5.10 Å². The molecule has 2 heterocycles. The van der Waals surface area contributed by atoms with Crippen LogP contribution < -0.4 is 4.74 Å². The summed E-state index contributed by atoms with van der Waals surface area (Å²) in [7, 11) is 0. The number of ether oxygens (including phenoxy) is 3. The van der Waals surface area contributed by atoms with Gasteiger partial charge in [0.05, 0.1) is 44.8 Å². The number of aliphatic hydroxyl groups is 1. The Labute approximate surface area is 186 Å². The summed E-state index contributed by atoms with van der Waals surface area (Å²) in [5.74, 6) is 0.805. The maximum atomic E-state index is 10.3. The van der Waals surface area contributed by atoms with Gasteiger partial charge in [-0.25, -0.2) is 0 Å². The van der Waals surface area contributed by atoms with E-state index < -0.39 is 6.10 Å². The Morgan fingerprint density at radius 1 is 1.31 bits per heavy atom. The highest BCUT2D eigenvalue weighted by atomic mass is 79.9. The number of hydrogen-bond donors (Lipinski definition) is 1. The molecule has 2 unspecified atom stereocenters. The standard InChI is InChI=1S/C20H28BrN3O4.ClH/c1-16-10-22-24(11-16)14-20-13-23(6-7-27-20)12-18(25)15-26-8-9-28-19-4-2-17(21)3-5-19;/h2-5,10-11,18,20,25H,6-9,12-15H2,1H3;1H. The Balaban J connectivity index is 0.00000300. The minimum Gasteiger partial charge on any atom is -0.491 e. The molecule has 1 aromatic heterocycles. The van der Waals surface area contributed by atoms with Gasteiger partial charge in [0.2, 0.25) is 0 Å². The molecule has 1 saturated heterocycles. The molecule has 2 aromatic rings. The average molecular weight is 491 g/mol. The number of nitrogens with zero attached hydrogens (tertiary/aromatic N) is 3. The predicted molar refractivity (Wildman–Crippen MR) is 117 cm³/mol. The van der Waals surface area contributed by atoms with Crippen LogP contribution in [-0.2, 0) is 16.0 Å². The number of aliphatic hydroxyl groups excluding tert-OH is 1. The van der Waals surface area contributed by atoms with E-state index in [2.05, 4.69) is 25.9 Å². The van der Waals surface area contributed by atoms with Crippen LogP contribution in [0.2, 0.25) is 0 Å². The molecule has 0 amide bonds. The zero-order valence-corrected chi connectivity index (χ0v) is 19.0. The first-order valence-electron chi connectivity index (χ1n) is 9.55. The molecule has 29 heavy (non-hydrogen) atoms. The molecular formula is C20H29BrClN3O4. The smallest absolute Gasteiger partial charge is 0.119 e. The number of halogens is 2. The highest BCUT2D eigenvalue weighted by Crippen LogP contribution is 2.16. The van der Waals surface area contributed by atoms with E-state index in [0.29, 0.717) is 33.0 Å². The summed E-state index contributed by atoms with van der Waals surface area (Å²) >= 11 is 3.39. The van der Waals surface area contributed by atoms with Gasteiger partial charge in [0, 0.05) is 30.3 Å². The number of aryl methyl sites for hydroxylation is 1. The fourth-order valence-corrected chi connectivity index (χ4v) is 3.42. The number of hydrogen-bond acceptors (Lipinski definition) is 6. The van der Waals surface area contributed by atoms with E-state index >= 15 is 0 Å². The lowest BCUT2D eigenvalue weighted by molar-refractivity contribution is -0.0581. The van der Waals surface area contributed by atoms with Gasteiger partial charge in [-0.15, -0.1) is 12.4 Å². The molecule has 1 aliphatic rings. The van der Waals surface area contributed by atoms with E-state index in [9.17, 15) is 5.11 Å². The first kappa shape index (κ1) is 24.1. The van der Waals surface area contributed by atoms with Crippen molar-refractivity contribution >= 4 is 28.3 Å². The van der Waals surface area contributed by atoms with E-state index in [0.717, 1.165) is 35.4 Å². The Morgan fingerprint density at radius 2 is 2.10 bits per heavy atom. The number of morpholine rings is 1. The van der Waals surface area contributed by atoms with Crippen LogP contribution in [0, 0.1) is 6.92 Å². The third-order valence-electron chi connectivity index (χ3n) is 4.47. The maximum absolute atomic E-state index is 10.3. The van der Waals surface area contributed by atoms with E-state index in [1.54, 1.807) is 0 Å². The number of rotatable bonds is 10. The van der Waals surface area contributed by atoms with E-state index in [1.165, 1.54) is 0 Å². The van der Waals surface area contributed by atoms with Gasteiger partial charge in [0.25, 0.3) is 0 Å². The van der Waals surface area contributed by atoms with Crippen LogP contribution in [0.25, 0.3) is 0 Å². The molecule has 162 valence electrons. The number of benzene rings is 1. The molecule has 2 atom stereocenters. The predicted octanol–water partition coefficient (Wildman–Crippen LogP) is 2.53. The van der Waals surface area contributed by atoms with E-state index in [4.69, 9.17) is 14.2 Å². The van der Waals surface area contributed by atoms with Crippen LogP contribution in [0.15, 0.2) is 41.1 Å². The lowest BCUT2D eigenvalue weighted by Gasteiger charge is -2.34. The topological polar surface area (TPSA) is 69.0 Å². The van der Waals surface area contributed by atoms with Gasteiger partial charge in [0.15, 0.2) is 0 Å². The average Bonchev–Trinajstić information content (AvgIpc) is 3.08. The summed E-state index contributed by atoms with van der Waals surface area (Å²) in [6.45, 7) is 6.78. The SMILES string of the molecule is Cc1cnn(CC2CN(CC(O)COCCOc3ccc(Br)cc3)CCO2)c1.Cl. The molecule has 0 saturated carbocycles. The van der Waals surface area contributed by atoms with Crippen molar-refractivity contribution in [3.8, 4) is 5.75 Å².